The predicted molar refractivity (Wildman–Crippen MR) is 74.2 cm³/mol. The van der Waals surface area contributed by atoms with Crippen molar-refractivity contribution >= 4 is 23.4 Å². The quantitative estimate of drug-likeness (QED) is 0.565. The van der Waals surface area contributed by atoms with E-state index in [4.69, 9.17) is 16.3 Å². The van der Waals surface area contributed by atoms with E-state index in [0.29, 0.717) is 25.4 Å². The van der Waals surface area contributed by atoms with E-state index < -0.39 is 0 Å². The molecule has 5 nitrogen and oxygen atoms in total. The van der Waals surface area contributed by atoms with Gasteiger partial charge in [0.1, 0.15) is 6.61 Å². The number of methoxy groups -OCH3 is 1. The zero-order valence-electron chi connectivity index (χ0n) is 11.5. The molecule has 0 aromatic rings. The molecule has 6 heteroatoms. The van der Waals surface area contributed by atoms with Crippen LogP contribution < -0.4 is 5.32 Å². The first-order valence-electron chi connectivity index (χ1n) is 6.79. The number of ether oxygens (including phenoxy) is 1. The molecule has 1 heterocycles. The normalized spacial score (nSPS) is 16.4. The van der Waals surface area contributed by atoms with Crippen LogP contribution >= 0.6 is 11.6 Å². The van der Waals surface area contributed by atoms with E-state index in [1.54, 1.807) is 4.90 Å². The van der Waals surface area contributed by atoms with E-state index in [-0.39, 0.29) is 24.5 Å². The van der Waals surface area contributed by atoms with Crippen LogP contribution in [0.1, 0.15) is 32.1 Å². The van der Waals surface area contributed by atoms with Crippen LogP contribution in [0.5, 0.6) is 0 Å². The number of piperidine rings is 1. The van der Waals surface area contributed by atoms with Gasteiger partial charge in [0.25, 0.3) is 0 Å². The Morgan fingerprint density at radius 1 is 1.32 bits per heavy atom. The fourth-order valence-electron chi connectivity index (χ4n) is 2.17. The van der Waals surface area contributed by atoms with Crippen LogP contribution in [0.15, 0.2) is 0 Å². The molecule has 1 aliphatic rings. The van der Waals surface area contributed by atoms with Gasteiger partial charge in [-0.25, -0.2) is 0 Å². The topological polar surface area (TPSA) is 58.6 Å². The number of carbonyl (C=O) groups excluding carboxylic acids is 2. The highest BCUT2D eigenvalue weighted by Crippen LogP contribution is 2.11. The number of carbonyl (C=O) groups is 2. The van der Waals surface area contributed by atoms with Crippen molar-refractivity contribution in [2.24, 2.45) is 0 Å². The second-order valence-electron chi connectivity index (χ2n) is 4.80. The second kappa shape index (κ2) is 9.15. The SMILES string of the molecule is COCC(=O)N1CCC(NC(=O)CCCCCl)CC1. The summed E-state index contributed by atoms with van der Waals surface area (Å²) in [6.45, 7) is 1.51. The van der Waals surface area contributed by atoms with Crippen molar-refractivity contribution in [1.29, 1.82) is 0 Å². The van der Waals surface area contributed by atoms with Crippen molar-refractivity contribution in [2.75, 3.05) is 32.7 Å². The Kier molecular flexibility index (Phi) is 7.82. The van der Waals surface area contributed by atoms with E-state index in [1.807, 2.05) is 0 Å². The van der Waals surface area contributed by atoms with Gasteiger partial charge in [-0.3, -0.25) is 9.59 Å². The fraction of sp³-hybridized carbons (Fsp3) is 0.846. The molecule has 1 rings (SSSR count). The van der Waals surface area contributed by atoms with Gasteiger partial charge in [0.2, 0.25) is 11.8 Å². The molecule has 0 aromatic heterocycles. The van der Waals surface area contributed by atoms with Gasteiger partial charge in [-0.15, -0.1) is 11.6 Å². The lowest BCUT2D eigenvalue weighted by molar-refractivity contribution is -0.136. The lowest BCUT2D eigenvalue weighted by Crippen LogP contribution is -2.47. The van der Waals surface area contributed by atoms with Crippen LogP contribution in [0.25, 0.3) is 0 Å². The Morgan fingerprint density at radius 2 is 2.00 bits per heavy atom. The van der Waals surface area contributed by atoms with E-state index in [2.05, 4.69) is 5.32 Å². The van der Waals surface area contributed by atoms with E-state index in [9.17, 15) is 9.59 Å². The summed E-state index contributed by atoms with van der Waals surface area (Å²) in [7, 11) is 1.52. The third-order valence-corrected chi connectivity index (χ3v) is 3.54. The molecule has 1 N–H and O–H groups in total. The smallest absolute Gasteiger partial charge is 0.248 e. The molecular weight excluding hydrogens is 268 g/mol. The van der Waals surface area contributed by atoms with Crippen LogP contribution in [-0.2, 0) is 14.3 Å². The minimum atomic E-state index is 0.0226. The van der Waals surface area contributed by atoms with Gasteiger partial charge in [0.05, 0.1) is 0 Å². The maximum absolute atomic E-state index is 11.6. The van der Waals surface area contributed by atoms with E-state index in [1.165, 1.54) is 7.11 Å². The lowest BCUT2D eigenvalue weighted by atomic mass is 10.0. The summed E-state index contributed by atoms with van der Waals surface area (Å²) < 4.78 is 4.83. The summed E-state index contributed by atoms with van der Waals surface area (Å²) in [5.74, 6) is 0.717. The number of nitrogens with zero attached hydrogens (tertiary/aromatic N) is 1. The highest BCUT2D eigenvalue weighted by atomic mass is 35.5. The molecule has 2 amide bonds. The molecule has 0 radical (unpaired) electrons. The number of hydrogen-bond donors (Lipinski definition) is 1. The minimum absolute atomic E-state index is 0.0226. The monoisotopic (exact) mass is 290 g/mol. The number of nitrogens with one attached hydrogen (secondary N) is 1. The summed E-state index contributed by atoms with van der Waals surface area (Å²) in [6, 6.07) is 0.190. The second-order valence-corrected chi connectivity index (χ2v) is 5.18. The van der Waals surface area contributed by atoms with Gasteiger partial charge < -0.3 is 15.0 Å². The highest BCUT2D eigenvalue weighted by Gasteiger charge is 2.23. The van der Waals surface area contributed by atoms with Gasteiger partial charge in [-0.05, 0) is 25.7 Å². The van der Waals surface area contributed by atoms with Gasteiger partial charge in [-0.2, -0.15) is 0 Å². The third-order valence-electron chi connectivity index (χ3n) is 3.27. The number of halogens is 1. The predicted octanol–water partition coefficient (Wildman–Crippen LogP) is 1.15. The van der Waals surface area contributed by atoms with Crippen LogP contribution in [0.3, 0.4) is 0 Å². The number of hydrogen-bond acceptors (Lipinski definition) is 3. The molecule has 0 aliphatic carbocycles. The fourth-order valence-corrected chi connectivity index (χ4v) is 2.36. The van der Waals surface area contributed by atoms with Crippen molar-refractivity contribution in [1.82, 2.24) is 10.2 Å². The maximum atomic E-state index is 11.6. The Morgan fingerprint density at radius 3 is 2.58 bits per heavy atom. The Bertz CT molecular complexity index is 292. The number of unbranched alkanes of at least 4 members (excludes halogenated alkanes) is 1. The summed E-state index contributed by atoms with van der Waals surface area (Å²) >= 11 is 5.57. The average molecular weight is 291 g/mol. The zero-order valence-corrected chi connectivity index (χ0v) is 12.2. The number of amides is 2. The van der Waals surface area contributed by atoms with Gasteiger partial charge in [0.15, 0.2) is 0 Å². The first-order valence-corrected chi connectivity index (χ1v) is 7.33. The molecular formula is C13H23ClN2O3. The van der Waals surface area contributed by atoms with Crippen molar-refractivity contribution < 1.29 is 14.3 Å². The summed E-state index contributed by atoms with van der Waals surface area (Å²) in [4.78, 5) is 25.0. The zero-order chi connectivity index (χ0) is 14.1. The average Bonchev–Trinajstić information content (AvgIpc) is 2.40. The van der Waals surface area contributed by atoms with Crippen LogP contribution in [-0.4, -0.2) is 55.4 Å². The van der Waals surface area contributed by atoms with Gasteiger partial charge in [-0.1, -0.05) is 0 Å². The van der Waals surface area contributed by atoms with Crippen molar-refractivity contribution in [2.45, 2.75) is 38.1 Å². The third kappa shape index (κ3) is 6.25. The molecule has 0 spiro atoms. The van der Waals surface area contributed by atoms with Crippen LogP contribution in [0.2, 0.25) is 0 Å². The minimum Gasteiger partial charge on any atom is -0.375 e. The number of alkyl halides is 1. The Labute approximate surface area is 119 Å². The first-order chi connectivity index (χ1) is 9.17. The molecule has 0 bridgehead atoms. The molecule has 1 aliphatic heterocycles. The summed E-state index contributed by atoms with van der Waals surface area (Å²) in [6.07, 6.45) is 3.88. The molecule has 0 unspecified atom stereocenters. The Balaban J connectivity index is 2.19. The molecule has 19 heavy (non-hydrogen) atoms. The largest absolute Gasteiger partial charge is 0.375 e. The van der Waals surface area contributed by atoms with Gasteiger partial charge in [0, 0.05) is 38.5 Å². The van der Waals surface area contributed by atoms with Crippen molar-refractivity contribution in [3.05, 3.63) is 0 Å². The van der Waals surface area contributed by atoms with Crippen molar-refractivity contribution in [3.63, 3.8) is 0 Å². The number of rotatable bonds is 7. The molecule has 0 atom stereocenters. The molecule has 1 fully saturated rings. The highest BCUT2D eigenvalue weighted by molar-refractivity contribution is 6.17. The molecule has 110 valence electrons. The summed E-state index contributed by atoms with van der Waals surface area (Å²) in [5, 5.41) is 3.02. The first kappa shape index (κ1) is 16.2. The maximum Gasteiger partial charge on any atom is 0.248 e. The van der Waals surface area contributed by atoms with Crippen LogP contribution in [0, 0.1) is 0 Å². The van der Waals surface area contributed by atoms with Crippen molar-refractivity contribution in [3.8, 4) is 0 Å². The summed E-state index contributed by atoms with van der Waals surface area (Å²) in [5.41, 5.74) is 0. The van der Waals surface area contributed by atoms with Gasteiger partial charge >= 0.3 is 0 Å². The standard InChI is InChI=1S/C13H23ClN2O3/c1-19-10-13(18)16-8-5-11(6-9-16)15-12(17)4-2-3-7-14/h11H,2-10H2,1H3,(H,15,17). The number of likely N-dealkylation sites (tertiary alicyclic amines) is 1. The van der Waals surface area contributed by atoms with E-state index in [0.717, 1.165) is 25.7 Å². The molecule has 0 aromatic carbocycles. The molecule has 1 saturated heterocycles. The van der Waals surface area contributed by atoms with E-state index >= 15 is 0 Å². The molecule has 0 saturated carbocycles. The Hall–Kier alpha value is -0.810. The van der Waals surface area contributed by atoms with Crippen LogP contribution in [0.4, 0.5) is 0 Å². The lowest BCUT2D eigenvalue weighted by Gasteiger charge is -2.32.